The van der Waals surface area contributed by atoms with E-state index in [0.717, 1.165) is 31.0 Å². The van der Waals surface area contributed by atoms with Gasteiger partial charge in [-0.15, -0.1) is 12.4 Å². The number of carbonyl (C=O) groups excluding carboxylic acids is 1. The first-order valence-corrected chi connectivity index (χ1v) is 7.79. The lowest BCUT2D eigenvalue weighted by Gasteiger charge is -2.30. The summed E-state index contributed by atoms with van der Waals surface area (Å²) >= 11 is 5.96. The van der Waals surface area contributed by atoms with E-state index in [1.165, 1.54) is 18.4 Å². The first-order chi connectivity index (χ1) is 9.72. The van der Waals surface area contributed by atoms with Gasteiger partial charge in [0.25, 0.3) is 0 Å². The van der Waals surface area contributed by atoms with Crippen LogP contribution in [0.25, 0.3) is 0 Å². The van der Waals surface area contributed by atoms with E-state index >= 15 is 0 Å². The van der Waals surface area contributed by atoms with Gasteiger partial charge in [0.15, 0.2) is 0 Å². The van der Waals surface area contributed by atoms with Gasteiger partial charge in [0, 0.05) is 24.5 Å². The summed E-state index contributed by atoms with van der Waals surface area (Å²) in [6.07, 6.45) is 5.12. The molecule has 1 aliphatic rings. The third-order valence-electron chi connectivity index (χ3n) is 3.92. The molecule has 1 unspecified atom stereocenters. The fourth-order valence-corrected chi connectivity index (χ4v) is 2.94. The zero-order valence-corrected chi connectivity index (χ0v) is 14.1. The number of amides is 1. The zero-order valence-electron chi connectivity index (χ0n) is 12.5. The van der Waals surface area contributed by atoms with E-state index in [1.807, 2.05) is 19.2 Å². The summed E-state index contributed by atoms with van der Waals surface area (Å²) in [5, 5.41) is 3.80. The predicted molar refractivity (Wildman–Crippen MR) is 90.2 cm³/mol. The molecule has 1 aliphatic heterocycles. The van der Waals surface area contributed by atoms with Crippen molar-refractivity contribution in [2.24, 2.45) is 0 Å². The van der Waals surface area contributed by atoms with Crippen molar-refractivity contribution in [3.05, 3.63) is 34.9 Å². The van der Waals surface area contributed by atoms with Crippen molar-refractivity contribution in [2.45, 2.75) is 38.1 Å². The molecule has 1 aromatic rings. The maximum Gasteiger partial charge on any atom is 0.224 e. The average molecular weight is 331 g/mol. The third kappa shape index (κ3) is 5.17. The summed E-state index contributed by atoms with van der Waals surface area (Å²) in [7, 11) is 1.88. The first kappa shape index (κ1) is 18.3. The molecule has 0 bridgehead atoms. The summed E-state index contributed by atoms with van der Waals surface area (Å²) in [5.74, 6) is 0.251. The van der Waals surface area contributed by atoms with Crippen molar-refractivity contribution < 1.29 is 4.79 Å². The van der Waals surface area contributed by atoms with Gasteiger partial charge < -0.3 is 10.2 Å². The third-order valence-corrected chi connectivity index (χ3v) is 4.17. The number of carbonyl (C=O) groups is 1. The minimum atomic E-state index is 0. The molecular weight excluding hydrogens is 307 g/mol. The van der Waals surface area contributed by atoms with E-state index < -0.39 is 0 Å². The Balaban J connectivity index is 0.00000220. The Morgan fingerprint density at radius 3 is 2.67 bits per heavy atom. The highest BCUT2D eigenvalue weighted by molar-refractivity contribution is 6.30. The Morgan fingerprint density at radius 2 is 2.00 bits per heavy atom. The molecule has 1 aromatic carbocycles. The fourth-order valence-electron chi connectivity index (χ4n) is 2.81. The molecule has 1 N–H and O–H groups in total. The number of halogens is 2. The van der Waals surface area contributed by atoms with E-state index in [9.17, 15) is 4.79 Å². The Hall–Kier alpha value is -0.770. The van der Waals surface area contributed by atoms with Crippen LogP contribution >= 0.6 is 24.0 Å². The first-order valence-electron chi connectivity index (χ1n) is 7.42. The van der Waals surface area contributed by atoms with E-state index in [2.05, 4.69) is 22.3 Å². The molecule has 3 nitrogen and oxygen atoms in total. The van der Waals surface area contributed by atoms with Crippen LogP contribution in [0.5, 0.6) is 0 Å². The highest BCUT2D eigenvalue weighted by atomic mass is 35.5. The lowest BCUT2D eigenvalue weighted by atomic mass is 10.0. The Bertz CT molecular complexity index is 436. The average Bonchev–Trinajstić information content (AvgIpc) is 2.71. The molecule has 2 rings (SSSR count). The van der Waals surface area contributed by atoms with Crippen molar-refractivity contribution in [2.75, 3.05) is 20.1 Å². The molecule has 0 aliphatic carbocycles. The van der Waals surface area contributed by atoms with E-state index in [1.54, 1.807) is 0 Å². The molecule has 0 saturated carbocycles. The molecule has 1 heterocycles. The number of nitrogens with one attached hydrogen (secondary N) is 1. The Morgan fingerprint density at radius 1 is 1.29 bits per heavy atom. The van der Waals surface area contributed by atoms with Gasteiger partial charge in [-0.2, -0.15) is 0 Å². The summed E-state index contributed by atoms with van der Waals surface area (Å²) in [6, 6.07) is 8.14. The van der Waals surface area contributed by atoms with E-state index in [-0.39, 0.29) is 24.4 Å². The van der Waals surface area contributed by atoms with Gasteiger partial charge in [-0.25, -0.2) is 0 Å². The van der Waals surface area contributed by atoms with E-state index in [0.29, 0.717) is 6.42 Å². The maximum atomic E-state index is 12.4. The van der Waals surface area contributed by atoms with Gasteiger partial charge in [-0.1, -0.05) is 36.6 Å². The molecule has 1 atom stereocenters. The molecule has 1 amide bonds. The topological polar surface area (TPSA) is 32.3 Å². The van der Waals surface area contributed by atoms with Gasteiger partial charge in [0.1, 0.15) is 0 Å². The van der Waals surface area contributed by atoms with Crippen molar-refractivity contribution in [3.63, 3.8) is 0 Å². The predicted octanol–water partition coefficient (Wildman–Crippen LogP) is 3.82. The number of benzene rings is 1. The second kappa shape index (κ2) is 9.29. The number of likely N-dealkylation sites (tertiary alicyclic amines) is 1. The molecule has 118 valence electrons. The molecule has 0 spiro atoms. The Labute approximate surface area is 138 Å². The van der Waals surface area contributed by atoms with Crippen molar-refractivity contribution in [1.29, 1.82) is 0 Å². The van der Waals surface area contributed by atoms with E-state index in [4.69, 9.17) is 11.6 Å². The Kier molecular flexibility index (Phi) is 8.09. The monoisotopic (exact) mass is 330 g/mol. The minimum absolute atomic E-state index is 0. The molecule has 0 radical (unpaired) electrons. The number of hydrogen-bond donors (Lipinski definition) is 1. The van der Waals surface area contributed by atoms with Crippen LogP contribution in [0.15, 0.2) is 24.3 Å². The standard InChI is InChI=1S/C16H23ClN2O.ClH/c1-18-11-10-16(20)19-12-4-2-3-5-15(19)13-6-8-14(17)9-7-13;/h6-9,15,18H,2-5,10-12H2,1H3;1H. The van der Waals surface area contributed by atoms with Crippen molar-refractivity contribution in [3.8, 4) is 0 Å². The quantitative estimate of drug-likeness (QED) is 0.910. The number of rotatable bonds is 4. The smallest absolute Gasteiger partial charge is 0.224 e. The van der Waals surface area contributed by atoms with Crippen LogP contribution in [0.2, 0.25) is 5.02 Å². The fraction of sp³-hybridized carbons (Fsp3) is 0.562. The van der Waals surface area contributed by atoms with Crippen LogP contribution in [0, 0.1) is 0 Å². The van der Waals surface area contributed by atoms with Crippen LogP contribution in [-0.2, 0) is 4.79 Å². The number of hydrogen-bond acceptors (Lipinski definition) is 2. The minimum Gasteiger partial charge on any atom is -0.336 e. The molecule has 1 fully saturated rings. The van der Waals surface area contributed by atoms with Crippen LogP contribution in [0.1, 0.15) is 43.7 Å². The molecular formula is C16H24Cl2N2O. The van der Waals surface area contributed by atoms with Gasteiger partial charge in [-0.05, 0) is 37.6 Å². The van der Waals surface area contributed by atoms with Crippen molar-refractivity contribution in [1.82, 2.24) is 10.2 Å². The zero-order chi connectivity index (χ0) is 14.4. The van der Waals surface area contributed by atoms with Crippen molar-refractivity contribution >= 4 is 29.9 Å². The summed E-state index contributed by atoms with van der Waals surface area (Å²) in [6.45, 7) is 1.61. The van der Waals surface area contributed by atoms with Gasteiger partial charge in [0.2, 0.25) is 5.91 Å². The van der Waals surface area contributed by atoms with Gasteiger partial charge >= 0.3 is 0 Å². The second-order valence-electron chi connectivity index (χ2n) is 5.36. The van der Waals surface area contributed by atoms with Crippen LogP contribution in [-0.4, -0.2) is 30.9 Å². The normalized spacial score (nSPS) is 18.8. The maximum absolute atomic E-state index is 12.4. The summed E-state index contributed by atoms with van der Waals surface area (Å²) in [4.78, 5) is 14.5. The number of nitrogens with zero attached hydrogens (tertiary/aromatic N) is 1. The summed E-state index contributed by atoms with van der Waals surface area (Å²) in [5.41, 5.74) is 1.20. The van der Waals surface area contributed by atoms with Gasteiger partial charge in [0.05, 0.1) is 6.04 Å². The van der Waals surface area contributed by atoms with Crippen LogP contribution < -0.4 is 5.32 Å². The lowest BCUT2D eigenvalue weighted by Crippen LogP contribution is -2.36. The molecule has 0 aromatic heterocycles. The molecule has 21 heavy (non-hydrogen) atoms. The highest BCUT2D eigenvalue weighted by Crippen LogP contribution is 2.31. The SMILES string of the molecule is CNCCC(=O)N1CCCCCC1c1ccc(Cl)cc1.Cl. The molecule has 5 heteroatoms. The molecule has 1 saturated heterocycles. The van der Waals surface area contributed by atoms with Crippen LogP contribution in [0.3, 0.4) is 0 Å². The van der Waals surface area contributed by atoms with Crippen LogP contribution in [0.4, 0.5) is 0 Å². The van der Waals surface area contributed by atoms with Gasteiger partial charge in [-0.3, -0.25) is 4.79 Å². The highest BCUT2D eigenvalue weighted by Gasteiger charge is 2.26. The summed E-state index contributed by atoms with van der Waals surface area (Å²) < 4.78 is 0. The second-order valence-corrected chi connectivity index (χ2v) is 5.79. The lowest BCUT2D eigenvalue weighted by molar-refractivity contribution is -0.133. The largest absolute Gasteiger partial charge is 0.336 e.